The molecule has 2 fully saturated rings. The molecule has 1 spiro atoms. The van der Waals surface area contributed by atoms with E-state index in [4.69, 9.17) is 0 Å². The quantitative estimate of drug-likeness (QED) is 0.612. The lowest BCUT2D eigenvalue weighted by Crippen LogP contribution is -2.22. The van der Waals surface area contributed by atoms with Gasteiger partial charge in [-0.05, 0) is 78.5 Å². The molecular formula is C23H32S2. The maximum atomic E-state index is 2.64. The number of fused-ring (bicyclic) bond motifs is 2. The van der Waals surface area contributed by atoms with Gasteiger partial charge in [0.2, 0.25) is 0 Å². The Morgan fingerprint density at radius 2 is 1.44 bits per heavy atom. The smallest absolute Gasteiger partial charge is 0.0692 e. The highest BCUT2D eigenvalue weighted by Crippen LogP contribution is 2.53. The second kappa shape index (κ2) is 6.82. The van der Waals surface area contributed by atoms with Crippen molar-refractivity contribution >= 4 is 23.5 Å². The van der Waals surface area contributed by atoms with Crippen LogP contribution in [0.5, 0.6) is 0 Å². The Bertz CT molecular complexity index is 599. The van der Waals surface area contributed by atoms with Crippen LogP contribution in [-0.2, 0) is 25.7 Å². The van der Waals surface area contributed by atoms with Crippen molar-refractivity contribution < 1.29 is 0 Å². The molecule has 1 aromatic rings. The summed E-state index contributed by atoms with van der Waals surface area (Å²) in [7, 11) is 0. The van der Waals surface area contributed by atoms with E-state index in [2.05, 4.69) is 42.6 Å². The molecule has 5 rings (SSSR count). The van der Waals surface area contributed by atoms with Crippen LogP contribution in [0.25, 0.3) is 0 Å². The molecule has 1 saturated carbocycles. The van der Waals surface area contributed by atoms with Crippen molar-refractivity contribution in [1.29, 1.82) is 0 Å². The van der Waals surface area contributed by atoms with E-state index in [9.17, 15) is 0 Å². The largest absolute Gasteiger partial charge is 0.143 e. The molecule has 0 radical (unpaired) electrons. The molecule has 0 unspecified atom stereocenters. The Balaban J connectivity index is 1.26. The van der Waals surface area contributed by atoms with Crippen LogP contribution in [0.15, 0.2) is 12.1 Å². The number of rotatable bonds is 3. The SMILES string of the molecule is CCCC1CCC(C2Cc3cc4c(cc3C2)CC2(C4)SCCS2)CC1. The van der Waals surface area contributed by atoms with Gasteiger partial charge in [0.1, 0.15) is 0 Å². The highest BCUT2D eigenvalue weighted by atomic mass is 32.2. The van der Waals surface area contributed by atoms with Crippen molar-refractivity contribution in [2.45, 2.75) is 75.2 Å². The fourth-order valence-electron chi connectivity index (χ4n) is 6.17. The van der Waals surface area contributed by atoms with Gasteiger partial charge in [0, 0.05) is 11.5 Å². The van der Waals surface area contributed by atoms with Crippen LogP contribution in [0, 0.1) is 17.8 Å². The van der Waals surface area contributed by atoms with Gasteiger partial charge >= 0.3 is 0 Å². The fourth-order valence-corrected chi connectivity index (χ4v) is 9.45. The van der Waals surface area contributed by atoms with E-state index in [-0.39, 0.29) is 0 Å². The number of hydrogen-bond acceptors (Lipinski definition) is 2. The lowest BCUT2D eigenvalue weighted by Gasteiger charge is -2.32. The zero-order chi connectivity index (χ0) is 16.9. The van der Waals surface area contributed by atoms with Crippen LogP contribution >= 0.6 is 23.5 Å². The zero-order valence-corrected chi connectivity index (χ0v) is 17.3. The molecular weight excluding hydrogens is 340 g/mol. The van der Waals surface area contributed by atoms with E-state index < -0.39 is 0 Å². The standard InChI is InChI=1S/C23H32S2/c1-2-3-16-4-6-17(7-5-16)18-10-19-12-21-14-23(24-8-9-25-23)15-22(21)13-20(19)11-18/h12-13,16-18H,2-11,14-15H2,1H3. The molecule has 3 aliphatic carbocycles. The van der Waals surface area contributed by atoms with Gasteiger partial charge in [0.05, 0.1) is 4.08 Å². The highest BCUT2D eigenvalue weighted by molar-refractivity contribution is 8.21. The molecule has 0 amide bonds. The average molecular weight is 373 g/mol. The Labute approximate surface area is 162 Å². The van der Waals surface area contributed by atoms with Crippen LogP contribution in [0.3, 0.4) is 0 Å². The van der Waals surface area contributed by atoms with E-state index in [1.54, 1.807) is 22.3 Å². The normalized spacial score (nSPS) is 30.8. The molecule has 1 heterocycles. The summed E-state index contributed by atoms with van der Waals surface area (Å²) in [6.45, 7) is 2.35. The molecule has 136 valence electrons. The first-order valence-corrected chi connectivity index (χ1v) is 12.6. The first-order chi connectivity index (χ1) is 12.2. The lowest BCUT2D eigenvalue weighted by atomic mass is 9.74. The Morgan fingerprint density at radius 1 is 0.840 bits per heavy atom. The van der Waals surface area contributed by atoms with Crippen molar-refractivity contribution in [3.8, 4) is 0 Å². The number of thioether (sulfide) groups is 2. The summed E-state index contributed by atoms with van der Waals surface area (Å²) in [6.07, 6.45) is 14.3. The summed E-state index contributed by atoms with van der Waals surface area (Å²) in [5.74, 6) is 5.75. The summed E-state index contributed by atoms with van der Waals surface area (Å²) < 4.78 is 0.522. The summed E-state index contributed by atoms with van der Waals surface area (Å²) in [6, 6.07) is 5.28. The van der Waals surface area contributed by atoms with Crippen LogP contribution < -0.4 is 0 Å². The summed E-state index contributed by atoms with van der Waals surface area (Å²) in [5.41, 5.74) is 6.86. The van der Waals surface area contributed by atoms with Crippen LogP contribution in [-0.4, -0.2) is 15.6 Å². The van der Waals surface area contributed by atoms with E-state index in [1.807, 2.05) is 0 Å². The molecule has 0 nitrogen and oxygen atoms in total. The average Bonchev–Trinajstić information content (AvgIpc) is 3.31. The first kappa shape index (κ1) is 17.0. The third-order valence-corrected chi connectivity index (χ3v) is 10.9. The lowest BCUT2D eigenvalue weighted by molar-refractivity contribution is 0.201. The minimum Gasteiger partial charge on any atom is -0.143 e. The second-order valence-corrected chi connectivity index (χ2v) is 12.3. The molecule has 0 aromatic heterocycles. The zero-order valence-electron chi connectivity index (χ0n) is 15.7. The molecule has 1 aliphatic heterocycles. The van der Waals surface area contributed by atoms with Crippen molar-refractivity contribution in [3.05, 3.63) is 34.4 Å². The predicted octanol–water partition coefficient (Wildman–Crippen LogP) is 6.28. The second-order valence-electron chi connectivity index (χ2n) is 9.09. The topological polar surface area (TPSA) is 0 Å². The minimum absolute atomic E-state index is 0.522. The molecule has 0 N–H and O–H groups in total. The van der Waals surface area contributed by atoms with E-state index in [0.717, 1.165) is 17.8 Å². The maximum Gasteiger partial charge on any atom is 0.0692 e. The van der Waals surface area contributed by atoms with Crippen LogP contribution in [0.4, 0.5) is 0 Å². The molecule has 25 heavy (non-hydrogen) atoms. The molecule has 1 saturated heterocycles. The summed E-state index contributed by atoms with van der Waals surface area (Å²) in [5, 5.41) is 0. The van der Waals surface area contributed by atoms with Gasteiger partial charge < -0.3 is 0 Å². The summed E-state index contributed by atoms with van der Waals surface area (Å²) >= 11 is 4.47. The van der Waals surface area contributed by atoms with E-state index >= 15 is 0 Å². The van der Waals surface area contributed by atoms with Crippen LogP contribution in [0.1, 0.15) is 67.7 Å². The van der Waals surface area contributed by atoms with Crippen molar-refractivity contribution in [2.24, 2.45) is 17.8 Å². The van der Waals surface area contributed by atoms with Gasteiger partial charge in [0.15, 0.2) is 0 Å². The maximum absolute atomic E-state index is 2.64. The number of benzene rings is 1. The van der Waals surface area contributed by atoms with Gasteiger partial charge in [-0.15, -0.1) is 23.5 Å². The fraction of sp³-hybridized carbons (Fsp3) is 0.739. The first-order valence-electron chi connectivity index (χ1n) is 10.7. The molecule has 4 aliphatic rings. The van der Waals surface area contributed by atoms with Crippen LogP contribution in [0.2, 0.25) is 0 Å². The van der Waals surface area contributed by atoms with E-state index in [1.165, 1.54) is 75.7 Å². The van der Waals surface area contributed by atoms with Gasteiger partial charge in [0.25, 0.3) is 0 Å². The third-order valence-electron chi connectivity index (χ3n) is 7.47. The number of hydrogen-bond donors (Lipinski definition) is 0. The van der Waals surface area contributed by atoms with Crippen molar-refractivity contribution in [2.75, 3.05) is 11.5 Å². The van der Waals surface area contributed by atoms with Gasteiger partial charge in [-0.3, -0.25) is 0 Å². The van der Waals surface area contributed by atoms with Gasteiger partial charge in [-0.25, -0.2) is 0 Å². The molecule has 0 bridgehead atoms. The Kier molecular flexibility index (Phi) is 4.65. The van der Waals surface area contributed by atoms with Gasteiger partial charge in [-0.2, -0.15) is 0 Å². The molecule has 2 heteroatoms. The minimum atomic E-state index is 0.522. The summed E-state index contributed by atoms with van der Waals surface area (Å²) in [4.78, 5) is 0. The Hall–Kier alpha value is -0.0800. The Morgan fingerprint density at radius 3 is 2.00 bits per heavy atom. The van der Waals surface area contributed by atoms with Crippen molar-refractivity contribution in [3.63, 3.8) is 0 Å². The van der Waals surface area contributed by atoms with Gasteiger partial charge in [-0.1, -0.05) is 44.7 Å². The third kappa shape index (κ3) is 3.20. The van der Waals surface area contributed by atoms with Crippen molar-refractivity contribution in [1.82, 2.24) is 0 Å². The molecule has 1 aromatic carbocycles. The highest BCUT2D eigenvalue weighted by Gasteiger charge is 2.42. The van der Waals surface area contributed by atoms with E-state index in [0.29, 0.717) is 4.08 Å². The predicted molar refractivity (Wildman–Crippen MR) is 113 cm³/mol. The molecule has 0 atom stereocenters. The monoisotopic (exact) mass is 372 g/mol.